The van der Waals surface area contributed by atoms with Gasteiger partial charge in [-0.1, -0.05) is 0 Å². The molecule has 0 saturated carbocycles. The highest BCUT2D eigenvalue weighted by molar-refractivity contribution is 5.33. The monoisotopic (exact) mass is 212 g/mol. The Hall–Kier alpha value is -0.800. The second-order valence-electron chi connectivity index (χ2n) is 4.28. The quantitative estimate of drug-likeness (QED) is 0.799. The predicted octanol–water partition coefficient (Wildman–Crippen LogP) is 1.74. The number of aryl methyl sites for hydroxylation is 2. The van der Waals surface area contributed by atoms with E-state index in [-0.39, 0.29) is 12.2 Å². The second kappa shape index (κ2) is 4.81. The molecule has 15 heavy (non-hydrogen) atoms. The highest BCUT2D eigenvalue weighted by Gasteiger charge is 2.17. The van der Waals surface area contributed by atoms with Crippen LogP contribution in [0.4, 0.5) is 0 Å². The summed E-state index contributed by atoms with van der Waals surface area (Å²) in [6.45, 7) is 7.31. The summed E-state index contributed by atoms with van der Waals surface area (Å²) >= 11 is 0. The fourth-order valence-electron chi connectivity index (χ4n) is 1.90. The van der Waals surface area contributed by atoms with E-state index in [0.717, 1.165) is 22.6 Å². The molecule has 3 nitrogen and oxygen atoms in total. The zero-order valence-corrected chi connectivity index (χ0v) is 9.87. The summed E-state index contributed by atoms with van der Waals surface area (Å²) < 4.78 is 5.53. The van der Waals surface area contributed by atoms with Crippen LogP contribution in [0.15, 0.2) is 4.42 Å². The van der Waals surface area contributed by atoms with Crippen molar-refractivity contribution in [3.8, 4) is 0 Å². The van der Waals surface area contributed by atoms with Crippen molar-refractivity contribution < 1.29 is 14.6 Å². The molecule has 0 radical (unpaired) electrons. The molecule has 0 aliphatic rings. The minimum Gasteiger partial charge on any atom is -0.466 e. The number of aliphatic hydroxyl groups is 2. The molecule has 1 rings (SSSR count). The molecule has 0 fully saturated rings. The highest BCUT2D eigenvalue weighted by Crippen LogP contribution is 2.24. The molecule has 86 valence electrons. The van der Waals surface area contributed by atoms with E-state index < -0.39 is 0 Å². The fraction of sp³-hybridized carbons (Fsp3) is 0.667. The van der Waals surface area contributed by atoms with Crippen molar-refractivity contribution in [3.05, 3.63) is 22.6 Å². The Balaban J connectivity index is 3.00. The zero-order chi connectivity index (χ0) is 11.6. The van der Waals surface area contributed by atoms with Crippen molar-refractivity contribution >= 4 is 0 Å². The minimum absolute atomic E-state index is 0.381. The first-order valence-corrected chi connectivity index (χ1v) is 5.35. The Labute approximate surface area is 90.7 Å². The Morgan fingerprint density at radius 1 is 0.933 bits per heavy atom. The molecule has 3 heteroatoms. The summed E-state index contributed by atoms with van der Waals surface area (Å²) in [6.07, 6.45) is 0.415. The summed E-state index contributed by atoms with van der Waals surface area (Å²) in [5.41, 5.74) is 2.09. The van der Waals surface area contributed by atoms with Gasteiger partial charge in [0.05, 0.1) is 12.2 Å². The molecule has 0 aromatic carbocycles. The van der Waals surface area contributed by atoms with Gasteiger partial charge in [0.25, 0.3) is 0 Å². The molecule has 0 aliphatic heterocycles. The first-order chi connectivity index (χ1) is 6.91. The van der Waals surface area contributed by atoms with Gasteiger partial charge in [-0.05, 0) is 38.8 Å². The van der Waals surface area contributed by atoms with E-state index in [1.54, 1.807) is 13.8 Å². The van der Waals surface area contributed by atoms with Gasteiger partial charge in [-0.25, -0.2) is 0 Å². The third-order valence-electron chi connectivity index (χ3n) is 2.52. The van der Waals surface area contributed by atoms with Crippen LogP contribution in [0.1, 0.15) is 36.5 Å². The standard InChI is InChI=1S/C12H20O3/c1-7(13)5-11-9(3)15-10(4)12(11)6-8(2)14/h7-8,13-14H,5-6H2,1-4H3. The van der Waals surface area contributed by atoms with E-state index in [2.05, 4.69) is 0 Å². The van der Waals surface area contributed by atoms with Crippen LogP contribution >= 0.6 is 0 Å². The lowest BCUT2D eigenvalue weighted by atomic mass is 9.99. The molecule has 1 aromatic rings. The van der Waals surface area contributed by atoms with Gasteiger partial charge in [-0.2, -0.15) is 0 Å². The van der Waals surface area contributed by atoms with Crippen LogP contribution in [0.25, 0.3) is 0 Å². The van der Waals surface area contributed by atoms with E-state index in [0.29, 0.717) is 12.8 Å². The van der Waals surface area contributed by atoms with Gasteiger partial charge in [0.1, 0.15) is 11.5 Å². The van der Waals surface area contributed by atoms with Crippen LogP contribution in [-0.2, 0) is 12.8 Å². The maximum Gasteiger partial charge on any atom is 0.104 e. The third-order valence-corrected chi connectivity index (χ3v) is 2.52. The molecular weight excluding hydrogens is 192 g/mol. The first-order valence-electron chi connectivity index (χ1n) is 5.35. The van der Waals surface area contributed by atoms with Crippen molar-refractivity contribution in [2.45, 2.75) is 52.7 Å². The summed E-state index contributed by atoms with van der Waals surface area (Å²) in [5, 5.41) is 18.8. The molecule has 0 saturated heterocycles. The third kappa shape index (κ3) is 3.08. The average molecular weight is 212 g/mol. The van der Waals surface area contributed by atoms with E-state index in [1.807, 2.05) is 13.8 Å². The summed E-state index contributed by atoms with van der Waals surface area (Å²) in [4.78, 5) is 0. The molecule has 0 amide bonds. The molecule has 0 spiro atoms. The topological polar surface area (TPSA) is 53.6 Å². The van der Waals surface area contributed by atoms with Gasteiger partial charge in [-0.15, -0.1) is 0 Å². The Morgan fingerprint density at radius 2 is 1.27 bits per heavy atom. The normalized spacial score (nSPS) is 15.3. The van der Waals surface area contributed by atoms with E-state index in [9.17, 15) is 10.2 Å². The molecule has 2 atom stereocenters. The minimum atomic E-state index is -0.381. The summed E-state index contributed by atoms with van der Waals surface area (Å²) in [5.74, 6) is 1.70. The van der Waals surface area contributed by atoms with E-state index in [1.165, 1.54) is 0 Å². The summed E-state index contributed by atoms with van der Waals surface area (Å²) in [7, 11) is 0. The van der Waals surface area contributed by atoms with E-state index >= 15 is 0 Å². The van der Waals surface area contributed by atoms with Crippen LogP contribution < -0.4 is 0 Å². The van der Waals surface area contributed by atoms with Crippen LogP contribution in [0.3, 0.4) is 0 Å². The van der Waals surface area contributed by atoms with Crippen molar-refractivity contribution in [2.24, 2.45) is 0 Å². The molecular formula is C12H20O3. The summed E-state index contributed by atoms with van der Waals surface area (Å²) in [6, 6.07) is 0. The van der Waals surface area contributed by atoms with Crippen molar-refractivity contribution in [3.63, 3.8) is 0 Å². The number of hydrogen-bond donors (Lipinski definition) is 2. The maximum absolute atomic E-state index is 9.39. The first kappa shape index (κ1) is 12.3. The predicted molar refractivity (Wildman–Crippen MR) is 59.0 cm³/mol. The fourth-order valence-corrected chi connectivity index (χ4v) is 1.90. The van der Waals surface area contributed by atoms with E-state index in [4.69, 9.17) is 4.42 Å². The lowest BCUT2D eigenvalue weighted by Crippen LogP contribution is -2.10. The molecule has 1 aromatic heterocycles. The van der Waals surface area contributed by atoms with Gasteiger partial charge in [0.15, 0.2) is 0 Å². The number of hydrogen-bond acceptors (Lipinski definition) is 3. The maximum atomic E-state index is 9.39. The Morgan fingerprint density at radius 3 is 1.53 bits per heavy atom. The largest absolute Gasteiger partial charge is 0.466 e. The van der Waals surface area contributed by atoms with Gasteiger partial charge in [0.2, 0.25) is 0 Å². The smallest absolute Gasteiger partial charge is 0.104 e. The lowest BCUT2D eigenvalue weighted by Gasteiger charge is -2.08. The van der Waals surface area contributed by atoms with Gasteiger partial charge in [0, 0.05) is 12.8 Å². The number of aliphatic hydroxyl groups excluding tert-OH is 2. The van der Waals surface area contributed by atoms with Gasteiger partial charge in [-0.3, -0.25) is 0 Å². The Bertz CT molecular complexity index is 293. The highest BCUT2D eigenvalue weighted by atomic mass is 16.3. The van der Waals surface area contributed by atoms with Crippen LogP contribution in [-0.4, -0.2) is 22.4 Å². The number of rotatable bonds is 4. The molecule has 2 unspecified atom stereocenters. The van der Waals surface area contributed by atoms with Gasteiger partial charge < -0.3 is 14.6 Å². The zero-order valence-electron chi connectivity index (χ0n) is 9.87. The molecule has 0 bridgehead atoms. The van der Waals surface area contributed by atoms with Crippen molar-refractivity contribution in [1.29, 1.82) is 0 Å². The number of furan rings is 1. The second-order valence-corrected chi connectivity index (χ2v) is 4.28. The molecule has 2 N–H and O–H groups in total. The van der Waals surface area contributed by atoms with Crippen LogP contribution in [0.5, 0.6) is 0 Å². The van der Waals surface area contributed by atoms with Crippen molar-refractivity contribution in [2.75, 3.05) is 0 Å². The van der Waals surface area contributed by atoms with Crippen molar-refractivity contribution in [1.82, 2.24) is 0 Å². The van der Waals surface area contributed by atoms with Gasteiger partial charge >= 0.3 is 0 Å². The van der Waals surface area contributed by atoms with Crippen LogP contribution in [0, 0.1) is 13.8 Å². The molecule has 1 heterocycles. The molecule has 0 aliphatic carbocycles. The Kier molecular flexibility index (Phi) is 3.94. The average Bonchev–Trinajstić information content (AvgIpc) is 2.30. The SMILES string of the molecule is Cc1oc(C)c(CC(C)O)c1CC(C)O. The lowest BCUT2D eigenvalue weighted by molar-refractivity contribution is 0.189. The van der Waals surface area contributed by atoms with Crippen LogP contribution in [0.2, 0.25) is 0 Å².